The number of halogens is 1. The van der Waals surface area contributed by atoms with Gasteiger partial charge in [-0.15, -0.1) is 0 Å². The Bertz CT molecular complexity index is 893. The van der Waals surface area contributed by atoms with Crippen molar-refractivity contribution in [1.82, 2.24) is 20.6 Å². The first-order chi connectivity index (χ1) is 12.1. The Labute approximate surface area is 149 Å². The average Bonchev–Trinajstić information content (AvgIpc) is 3.09. The third-order valence-electron chi connectivity index (χ3n) is 3.46. The molecule has 1 heterocycles. The number of rotatable bonds is 4. The summed E-state index contributed by atoms with van der Waals surface area (Å²) >= 11 is 5.84. The van der Waals surface area contributed by atoms with E-state index in [0.29, 0.717) is 22.7 Å². The van der Waals surface area contributed by atoms with Gasteiger partial charge in [-0.2, -0.15) is 5.10 Å². The quantitative estimate of drug-likeness (QED) is 0.707. The Balaban J connectivity index is 1.57. The third kappa shape index (κ3) is 4.45. The molecular weight excluding hydrogens is 340 g/mol. The van der Waals surface area contributed by atoms with E-state index in [1.54, 1.807) is 29.1 Å². The second kappa shape index (κ2) is 7.63. The number of hydrogen-bond acceptors (Lipinski definition) is 3. The molecular formula is C18H15ClN4O2. The molecule has 2 amide bonds. The van der Waals surface area contributed by atoms with Gasteiger partial charge in [-0.1, -0.05) is 48.0 Å². The van der Waals surface area contributed by atoms with Crippen LogP contribution in [0.15, 0.2) is 67.0 Å². The SMILES string of the molecule is O=C(NNC(=O)c1cnn(Cc2ccccc2)c1)c1cccc(Cl)c1. The minimum Gasteiger partial charge on any atom is -0.268 e. The fourth-order valence-corrected chi connectivity index (χ4v) is 2.42. The summed E-state index contributed by atoms with van der Waals surface area (Å²) < 4.78 is 1.66. The van der Waals surface area contributed by atoms with Gasteiger partial charge in [-0.3, -0.25) is 25.1 Å². The lowest BCUT2D eigenvalue weighted by molar-refractivity contribution is 0.0846. The first-order valence-corrected chi connectivity index (χ1v) is 7.92. The monoisotopic (exact) mass is 354 g/mol. The summed E-state index contributed by atoms with van der Waals surface area (Å²) in [4.78, 5) is 24.1. The van der Waals surface area contributed by atoms with Crippen LogP contribution in [0, 0.1) is 0 Å². The first-order valence-electron chi connectivity index (χ1n) is 7.54. The van der Waals surface area contributed by atoms with Crippen LogP contribution in [-0.2, 0) is 6.54 Å². The van der Waals surface area contributed by atoms with E-state index in [1.165, 1.54) is 12.3 Å². The molecule has 0 spiro atoms. The molecule has 3 aromatic rings. The van der Waals surface area contributed by atoms with E-state index >= 15 is 0 Å². The van der Waals surface area contributed by atoms with Crippen LogP contribution in [0.5, 0.6) is 0 Å². The molecule has 0 aliphatic rings. The molecule has 0 radical (unpaired) electrons. The molecule has 2 N–H and O–H groups in total. The van der Waals surface area contributed by atoms with Crippen molar-refractivity contribution in [3.63, 3.8) is 0 Å². The second-order valence-corrected chi connectivity index (χ2v) is 5.77. The van der Waals surface area contributed by atoms with E-state index < -0.39 is 11.8 Å². The van der Waals surface area contributed by atoms with E-state index in [0.717, 1.165) is 5.56 Å². The lowest BCUT2D eigenvalue weighted by Gasteiger charge is -2.06. The zero-order chi connectivity index (χ0) is 17.6. The maximum Gasteiger partial charge on any atom is 0.272 e. The van der Waals surface area contributed by atoms with Crippen LogP contribution in [-0.4, -0.2) is 21.6 Å². The number of hydrazine groups is 1. The molecule has 1 aromatic heterocycles. The van der Waals surface area contributed by atoms with Crippen molar-refractivity contribution in [2.45, 2.75) is 6.54 Å². The van der Waals surface area contributed by atoms with Crippen molar-refractivity contribution >= 4 is 23.4 Å². The van der Waals surface area contributed by atoms with Crippen LogP contribution in [0.1, 0.15) is 26.3 Å². The minimum absolute atomic E-state index is 0.349. The highest BCUT2D eigenvalue weighted by atomic mass is 35.5. The molecule has 126 valence electrons. The lowest BCUT2D eigenvalue weighted by atomic mass is 10.2. The highest BCUT2D eigenvalue weighted by Crippen LogP contribution is 2.10. The van der Waals surface area contributed by atoms with E-state index in [2.05, 4.69) is 16.0 Å². The Hall–Kier alpha value is -3.12. The van der Waals surface area contributed by atoms with Crippen molar-refractivity contribution in [3.8, 4) is 0 Å². The van der Waals surface area contributed by atoms with Crippen LogP contribution in [0.2, 0.25) is 5.02 Å². The number of aromatic nitrogens is 2. The van der Waals surface area contributed by atoms with E-state index in [-0.39, 0.29) is 0 Å². The zero-order valence-electron chi connectivity index (χ0n) is 13.1. The summed E-state index contributed by atoms with van der Waals surface area (Å²) in [5.74, 6) is -0.901. The minimum atomic E-state index is -0.451. The van der Waals surface area contributed by atoms with Crippen LogP contribution >= 0.6 is 11.6 Å². The number of nitrogens with one attached hydrogen (secondary N) is 2. The molecule has 2 aromatic carbocycles. The Kier molecular flexibility index (Phi) is 5.11. The maximum atomic E-state index is 12.1. The molecule has 0 aliphatic carbocycles. The van der Waals surface area contributed by atoms with Crippen molar-refractivity contribution < 1.29 is 9.59 Å². The van der Waals surface area contributed by atoms with Gasteiger partial charge < -0.3 is 0 Å². The number of carbonyl (C=O) groups excluding carboxylic acids is 2. The number of hydrogen-bond donors (Lipinski definition) is 2. The predicted octanol–water partition coefficient (Wildman–Crippen LogP) is 2.66. The van der Waals surface area contributed by atoms with E-state index in [1.807, 2.05) is 30.3 Å². The van der Waals surface area contributed by atoms with Crippen LogP contribution in [0.4, 0.5) is 0 Å². The van der Waals surface area contributed by atoms with Gasteiger partial charge in [0.15, 0.2) is 0 Å². The average molecular weight is 355 g/mol. The van der Waals surface area contributed by atoms with Gasteiger partial charge in [0.1, 0.15) is 0 Å². The molecule has 0 saturated heterocycles. The Morgan fingerprint density at radius 3 is 2.40 bits per heavy atom. The smallest absolute Gasteiger partial charge is 0.268 e. The first kappa shape index (κ1) is 16.7. The molecule has 0 saturated carbocycles. The second-order valence-electron chi connectivity index (χ2n) is 5.33. The van der Waals surface area contributed by atoms with Crippen LogP contribution in [0.25, 0.3) is 0 Å². The summed E-state index contributed by atoms with van der Waals surface area (Å²) in [7, 11) is 0. The summed E-state index contributed by atoms with van der Waals surface area (Å²) in [5, 5.41) is 4.60. The molecule has 0 aliphatic heterocycles. The van der Waals surface area contributed by atoms with Gasteiger partial charge in [0.25, 0.3) is 11.8 Å². The molecule has 0 unspecified atom stereocenters. The highest BCUT2D eigenvalue weighted by molar-refractivity contribution is 6.30. The number of amides is 2. The van der Waals surface area contributed by atoms with Gasteiger partial charge >= 0.3 is 0 Å². The summed E-state index contributed by atoms with van der Waals surface area (Å²) in [6.07, 6.45) is 3.07. The molecule has 0 bridgehead atoms. The fourth-order valence-electron chi connectivity index (χ4n) is 2.23. The third-order valence-corrected chi connectivity index (χ3v) is 3.69. The van der Waals surface area contributed by atoms with Crippen molar-refractivity contribution in [1.29, 1.82) is 0 Å². The van der Waals surface area contributed by atoms with Crippen LogP contribution < -0.4 is 10.9 Å². The van der Waals surface area contributed by atoms with Crippen molar-refractivity contribution in [2.75, 3.05) is 0 Å². The Morgan fingerprint density at radius 1 is 0.960 bits per heavy atom. The van der Waals surface area contributed by atoms with Gasteiger partial charge in [0.2, 0.25) is 0 Å². The molecule has 7 heteroatoms. The molecule has 0 atom stereocenters. The standard InChI is InChI=1S/C18H15ClN4O2/c19-16-8-4-7-14(9-16)17(24)21-22-18(25)15-10-20-23(12-15)11-13-5-2-1-3-6-13/h1-10,12H,11H2,(H,21,24)(H,22,25). The van der Waals surface area contributed by atoms with E-state index in [4.69, 9.17) is 11.6 Å². The Morgan fingerprint density at radius 2 is 1.68 bits per heavy atom. The summed E-state index contributed by atoms with van der Waals surface area (Å²) in [6, 6.07) is 16.2. The zero-order valence-corrected chi connectivity index (χ0v) is 13.9. The van der Waals surface area contributed by atoms with Crippen molar-refractivity contribution in [3.05, 3.63) is 88.7 Å². The normalized spacial score (nSPS) is 10.3. The largest absolute Gasteiger partial charge is 0.272 e. The van der Waals surface area contributed by atoms with Crippen LogP contribution in [0.3, 0.4) is 0 Å². The number of nitrogens with zero attached hydrogens (tertiary/aromatic N) is 2. The van der Waals surface area contributed by atoms with Gasteiger partial charge in [-0.25, -0.2) is 0 Å². The number of benzene rings is 2. The molecule has 6 nitrogen and oxygen atoms in total. The fraction of sp³-hybridized carbons (Fsp3) is 0.0556. The molecule has 25 heavy (non-hydrogen) atoms. The predicted molar refractivity (Wildman–Crippen MR) is 94.2 cm³/mol. The lowest BCUT2D eigenvalue weighted by Crippen LogP contribution is -2.41. The van der Waals surface area contributed by atoms with Gasteiger partial charge in [0.05, 0.1) is 18.3 Å². The molecule has 3 rings (SSSR count). The number of carbonyl (C=O) groups is 2. The van der Waals surface area contributed by atoms with Gasteiger partial charge in [-0.05, 0) is 23.8 Å². The van der Waals surface area contributed by atoms with Crippen molar-refractivity contribution in [2.24, 2.45) is 0 Å². The maximum absolute atomic E-state index is 12.1. The molecule has 0 fully saturated rings. The topological polar surface area (TPSA) is 76.0 Å². The highest BCUT2D eigenvalue weighted by Gasteiger charge is 2.11. The summed E-state index contributed by atoms with van der Waals surface area (Å²) in [6.45, 7) is 0.559. The van der Waals surface area contributed by atoms with E-state index in [9.17, 15) is 9.59 Å². The van der Waals surface area contributed by atoms with Gasteiger partial charge in [0, 0.05) is 16.8 Å². The summed E-state index contributed by atoms with van der Waals surface area (Å²) in [5.41, 5.74) is 6.49.